The van der Waals surface area contributed by atoms with Gasteiger partial charge < -0.3 is 14.4 Å². The number of hydrogen-bond acceptors (Lipinski definition) is 4. The van der Waals surface area contributed by atoms with Crippen molar-refractivity contribution in [2.75, 3.05) is 5.32 Å². The zero-order valence-corrected chi connectivity index (χ0v) is 20.2. The van der Waals surface area contributed by atoms with Crippen LogP contribution in [-0.4, -0.2) is 25.4 Å². The molecule has 0 fully saturated rings. The van der Waals surface area contributed by atoms with Crippen LogP contribution in [0.2, 0.25) is 0 Å². The summed E-state index contributed by atoms with van der Waals surface area (Å²) in [6.45, 7) is 5.91. The molecular formula is C25H25F3N2O4S. The third-order valence-corrected chi connectivity index (χ3v) is 6.33. The molecule has 0 heterocycles. The second kappa shape index (κ2) is 10.4. The number of carbonyl (C=O) groups excluding carboxylic acids is 1. The molecule has 1 N–H and O–H groups in total. The molecule has 3 aromatic rings. The number of rotatable bonds is 7. The lowest BCUT2D eigenvalue weighted by Crippen LogP contribution is -2.39. The smallest absolute Gasteiger partial charge is 0.379 e. The number of aryl methyl sites for hydroxylation is 1. The fourth-order valence-corrected chi connectivity index (χ4v) is 4.23. The van der Waals surface area contributed by atoms with E-state index < -0.39 is 26.8 Å². The van der Waals surface area contributed by atoms with Crippen molar-refractivity contribution >= 4 is 21.8 Å². The lowest BCUT2D eigenvalue weighted by atomic mass is 10.2. The summed E-state index contributed by atoms with van der Waals surface area (Å²) in [6.07, 6.45) is -4.68. The highest BCUT2D eigenvalue weighted by atomic mass is 32.2. The van der Waals surface area contributed by atoms with E-state index in [-0.39, 0.29) is 24.4 Å². The minimum absolute atomic E-state index is 0.0635. The Morgan fingerprint density at radius 1 is 1.00 bits per heavy atom. The molecule has 0 aliphatic carbocycles. The van der Waals surface area contributed by atoms with Gasteiger partial charge in [0.05, 0.1) is 5.56 Å². The maximum atomic E-state index is 12.9. The molecule has 0 saturated carbocycles. The van der Waals surface area contributed by atoms with E-state index in [0.717, 1.165) is 23.8 Å². The molecule has 0 spiro atoms. The maximum Gasteiger partial charge on any atom is 0.416 e. The largest absolute Gasteiger partial charge is 0.416 e. The van der Waals surface area contributed by atoms with Gasteiger partial charge in [-0.25, -0.2) is 4.79 Å². The Morgan fingerprint density at radius 2 is 1.66 bits per heavy atom. The number of hydrogen-bond donors (Lipinski definition) is 1. The molecule has 0 atom stereocenters. The number of carbonyl (C=O) groups is 1. The third-order valence-electron chi connectivity index (χ3n) is 5.09. The second-order valence-corrected chi connectivity index (χ2v) is 9.77. The molecule has 186 valence electrons. The number of alkyl halides is 3. The first kappa shape index (κ1) is 26.1. The first-order valence-electron chi connectivity index (χ1n) is 10.7. The van der Waals surface area contributed by atoms with Crippen molar-refractivity contribution in [1.29, 1.82) is 0 Å². The zero-order chi connectivity index (χ0) is 25.8. The van der Waals surface area contributed by atoms with Gasteiger partial charge in [0, 0.05) is 18.3 Å². The molecule has 3 rings (SSSR count). The number of nitrogens with zero attached hydrogens (tertiary/aromatic N) is 1. The van der Waals surface area contributed by atoms with Gasteiger partial charge in [0.1, 0.15) is 10.6 Å². The fourth-order valence-electron chi connectivity index (χ4n) is 3.26. The predicted octanol–water partition coefficient (Wildman–Crippen LogP) is 6.22. The zero-order valence-electron chi connectivity index (χ0n) is 19.3. The van der Waals surface area contributed by atoms with E-state index >= 15 is 0 Å². The van der Waals surface area contributed by atoms with Crippen molar-refractivity contribution in [2.24, 2.45) is 0 Å². The molecule has 0 aliphatic rings. The lowest BCUT2D eigenvalue weighted by molar-refractivity contribution is -0.137. The van der Waals surface area contributed by atoms with Crippen molar-refractivity contribution in [3.63, 3.8) is 0 Å². The lowest BCUT2D eigenvalue weighted by Gasteiger charge is -2.27. The average Bonchev–Trinajstić information content (AvgIpc) is 2.77. The van der Waals surface area contributed by atoms with E-state index in [2.05, 4.69) is 5.32 Å². The van der Waals surface area contributed by atoms with Crippen LogP contribution in [0.4, 0.5) is 23.7 Å². The van der Waals surface area contributed by atoms with Crippen molar-refractivity contribution in [3.05, 3.63) is 89.5 Å². The summed E-state index contributed by atoms with van der Waals surface area (Å²) >= 11 is 0. The Balaban J connectivity index is 1.71. The molecule has 2 amide bonds. The molecule has 0 aliphatic heterocycles. The van der Waals surface area contributed by atoms with Crippen LogP contribution in [0.3, 0.4) is 0 Å². The van der Waals surface area contributed by atoms with Gasteiger partial charge in [-0.05, 0) is 74.4 Å². The number of nitrogens with one attached hydrogen (secondary N) is 1. The molecule has 3 aromatic carbocycles. The topological polar surface area (TPSA) is 75.7 Å². The summed E-state index contributed by atoms with van der Waals surface area (Å²) < 4.78 is 68.7. The van der Waals surface area contributed by atoms with Gasteiger partial charge in [0.25, 0.3) is 0 Å². The monoisotopic (exact) mass is 506 g/mol. The fraction of sp³-hybridized carbons (Fsp3) is 0.240. The van der Waals surface area contributed by atoms with Gasteiger partial charge in [0.2, 0.25) is 0 Å². The maximum absolute atomic E-state index is 12.9. The summed E-state index contributed by atoms with van der Waals surface area (Å²) in [7, 11) is -4.47. The molecule has 6 nitrogen and oxygen atoms in total. The molecular weight excluding hydrogens is 481 g/mol. The van der Waals surface area contributed by atoms with Crippen LogP contribution >= 0.6 is 0 Å². The van der Waals surface area contributed by atoms with Gasteiger partial charge in [-0.1, -0.05) is 30.3 Å². The van der Waals surface area contributed by atoms with Crippen LogP contribution in [0.15, 0.2) is 77.7 Å². The number of urea groups is 1. The van der Waals surface area contributed by atoms with E-state index in [4.69, 9.17) is 4.18 Å². The normalized spacial score (nSPS) is 11.9. The molecule has 0 saturated heterocycles. The average molecular weight is 507 g/mol. The van der Waals surface area contributed by atoms with Crippen molar-refractivity contribution in [3.8, 4) is 5.75 Å². The summed E-state index contributed by atoms with van der Waals surface area (Å²) in [5.74, 6) is -0.0635. The van der Waals surface area contributed by atoms with E-state index in [1.165, 1.54) is 12.1 Å². The van der Waals surface area contributed by atoms with Crippen LogP contribution in [0.25, 0.3) is 0 Å². The van der Waals surface area contributed by atoms with E-state index in [0.29, 0.717) is 17.3 Å². The van der Waals surface area contributed by atoms with Crippen LogP contribution in [0.1, 0.15) is 30.5 Å². The Morgan fingerprint density at radius 3 is 2.26 bits per heavy atom. The van der Waals surface area contributed by atoms with Gasteiger partial charge >= 0.3 is 22.3 Å². The highest BCUT2D eigenvalue weighted by Gasteiger charge is 2.32. The summed E-state index contributed by atoms with van der Waals surface area (Å²) in [5.41, 5.74) is 1.30. The van der Waals surface area contributed by atoms with Crippen LogP contribution in [-0.2, 0) is 22.8 Å². The molecule has 0 aromatic heterocycles. The molecule has 0 bridgehead atoms. The SMILES string of the molecule is Cc1cccc(NC(=O)N(Cc2ccc(OS(=O)(=O)c3cccc(C(F)(F)F)c3)cc2)C(C)C)c1. The second-order valence-electron chi connectivity index (χ2n) is 8.23. The van der Waals surface area contributed by atoms with Gasteiger partial charge in [-0.15, -0.1) is 0 Å². The van der Waals surface area contributed by atoms with Crippen molar-refractivity contribution in [1.82, 2.24) is 4.90 Å². The molecule has 0 unspecified atom stereocenters. The minimum Gasteiger partial charge on any atom is -0.379 e. The van der Waals surface area contributed by atoms with Crippen LogP contribution < -0.4 is 9.50 Å². The van der Waals surface area contributed by atoms with Gasteiger partial charge in [-0.2, -0.15) is 21.6 Å². The predicted molar refractivity (Wildman–Crippen MR) is 127 cm³/mol. The Labute approximate surface area is 202 Å². The van der Waals surface area contributed by atoms with E-state index in [1.54, 1.807) is 23.1 Å². The highest BCUT2D eigenvalue weighted by molar-refractivity contribution is 7.87. The minimum atomic E-state index is -4.68. The molecule has 10 heteroatoms. The number of amides is 2. The van der Waals surface area contributed by atoms with Gasteiger partial charge in [0.15, 0.2) is 0 Å². The van der Waals surface area contributed by atoms with Crippen LogP contribution in [0.5, 0.6) is 5.75 Å². The Bertz CT molecular complexity index is 1290. The number of benzene rings is 3. The van der Waals surface area contributed by atoms with E-state index in [9.17, 15) is 26.4 Å². The Hall–Kier alpha value is -3.53. The third kappa shape index (κ3) is 6.98. The van der Waals surface area contributed by atoms with Crippen molar-refractivity contribution in [2.45, 2.75) is 44.4 Å². The van der Waals surface area contributed by atoms with Crippen LogP contribution in [0, 0.1) is 6.92 Å². The molecule has 0 radical (unpaired) electrons. The highest BCUT2D eigenvalue weighted by Crippen LogP contribution is 2.31. The number of halogens is 3. The summed E-state index contributed by atoms with van der Waals surface area (Å²) in [5, 5.41) is 2.86. The number of anilines is 1. The van der Waals surface area contributed by atoms with Crippen molar-refractivity contribution < 1.29 is 30.6 Å². The summed E-state index contributed by atoms with van der Waals surface area (Å²) in [6, 6.07) is 16.3. The first-order valence-corrected chi connectivity index (χ1v) is 12.1. The Kier molecular flexibility index (Phi) is 7.74. The van der Waals surface area contributed by atoms with E-state index in [1.807, 2.05) is 39.0 Å². The quantitative estimate of drug-likeness (QED) is 0.386. The first-order chi connectivity index (χ1) is 16.3. The summed E-state index contributed by atoms with van der Waals surface area (Å²) in [4.78, 5) is 13.8. The van der Waals surface area contributed by atoms with Gasteiger partial charge in [-0.3, -0.25) is 0 Å². The molecule has 35 heavy (non-hydrogen) atoms. The standard InChI is InChI=1S/C25H25F3N2O4S/c1-17(2)30(24(31)29-21-8-4-6-18(3)14-21)16-19-10-12-22(13-11-19)34-35(32,33)23-9-5-7-20(15-23)25(26,27)28/h4-15,17H,16H2,1-3H3,(H,29,31).